The van der Waals surface area contributed by atoms with Crippen LogP contribution in [0.2, 0.25) is 0 Å². The standard InChI is InChI=1S/C22H28BrN7O2/c1-4-16(14(11-32-3)9-15-10-24-13-29(15)2)21(31)30-8-7-25-22(30)28-17-5-6-18-20(19(17)23)27-12-26-18/h5-6,10,12-14,16H,4,7-9,11H2,1-3H3,(H,25,28)(H,26,27)/t14?,16-/m0/s1. The van der Waals surface area contributed by atoms with Gasteiger partial charge in [0.15, 0.2) is 0 Å². The van der Waals surface area contributed by atoms with Gasteiger partial charge in [-0.05, 0) is 46.8 Å². The van der Waals surface area contributed by atoms with Crippen molar-refractivity contribution in [3.63, 3.8) is 0 Å². The summed E-state index contributed by atoms with van der Waals surface area (Å²) < 4.78 is 8.29. The molecule has 1 aliphatic heterocycles. The highest BCUT2D eigenvalue weighted by molar-refractivity contribution is 9.10. The van der Waals surface area contributed by atoms with Gasteiger partial charge in [0.05, 0.1) is 34.9 Å². The summed E-state index contributed by atoms with van der Waals surface area (Å²) in [7, 11) is 3.65. The van der Waals surface area contributed by atoms with Crippen molar-refractivity contribution in [3.05, 3.63) is 41.2 Å². The molecular formula is C22H28BrN7O2. The number of rotatable bonds is 8. The van der Waals surface area contributed by atoms with Crippen molar-refractivity contribution in [1.29, 1.82) is 0 Å². The lowest BCUT2D eigenvalue weighted by Crippen LogP contribution is -2.43. The van der Waals surface area contributed by atoms with Gasteiger partial charge in [-0.25, -0.2) is 15.0 Å². The average molecular weight is 502 g/mol. The Morgan fingerprint density at radius 2 is 2.25 bits per heavy atom. The molecule has 2 N–H and O–H groups in total. The van der Waals surface area contributed by atoms with Crippen LogP contribution >= 0.6 is 15.9 Å². The Bertz CT molecular complexity index is 1120. The van der Waals surface area contributed by atoms with Crippen LogP contribution in [0.15, 0.2) is 40.4 Å². The van der Waals surface area contributed by atoms with E-state index in [0.717, 1.165) is 39.7 Å². The number of amides is 1. The molecule has 2 aromatic heterocycles. The van der Waals surface area contributed by atoms with Crippen LogP contribution in [0.5, 0.6) is 0 Å². The Morgan fingerprint density at radius 3 is 2.97 bits per heavy atom. The number of H-pyrrole nitrogens is 1. The van der Waals surface area contributed by atoms with Crippen LogP contribution in [0.1, 0.15) is 19.0 Å². The molecule has 0 aliphatic carbocycles. The smallest absolute Gasteiger partial charge is 0.232 e. The van der Waals surface area contributed by atoms with Crippen molar-refractivity contribution in [2.24, 2.45) is 23.9 Å². The van der Waals surface area contributed by atoms with Gasteiger partial charge in [0.1, 0.15) is 5.52 Å². The lowest BCUT2D eigenvalue weighted by molar-refractivity contribution is -0.133. The van der Waals surface area contributed by atoms with Gasteiger partial charge in [0, 0.05) is 45.1 Å². The Kier molecular flexibility index (Phi) is 6.90. The molecule has 0 saturated carbocycles. The average Bonchev–Trinajstić information content (AvgIpc) is 3.52. The molecule has 1 unspecified atom stereocenters. The van der Waals surface area contributed by atoms with Crippen molar-refractivity contribution in [1.82, 2.24) is 29.7 Å². The van der Waals surface area contributed by atoms with Gasteiger partial charge in [0.25, 0.3) is 0 Å². The lowest BCUT2D eigenvalue weighted by atomic mass is 9.86. The molecule has 1 aromatic carbocycles. The fourth-order valence-electron chi connectivity index (χ4n) is 4.25. The number of aromatic amines is 1. The maximum absolute atomic E-state index is 13.7. The highest BCUT2D eigenvalue weighted by atomic mass is 79.9. The molecule has 0 bridgehead atoms. The molecule has 10 heteroatoms. The third-order valence-electron chi connectivity index (χ3n) is 5.97. The van der Waals surface area contributed by atoms with Crippen molar-refractivity contribution in [3.8, 4) is 0 Å². The maximum Gasteiger partial charge on any atom is 0.232 e. The van der Waals surface area contributed by atoms with E-state index in [1.807, 2.05) is 29.9 Å². The SMILES string of the molecule is CC[C@H](C(=O)N1CCN/C1=N/c1ccc2[nH]cnc2c1Br)C(COC)Cc1cncn1C. The fraction of sp³-hybridized carbons (Fsp3) is 0.455. The number of ether oxygens (including phenoxy) is 1. The predicted octanol–water partition coefficient (Wildman–Crippen LogP) is 3.01. The molecule has 1 fully saturated rings. The van der Waals surface area contributed by atoms with Crippen LogP contribution in [0.25, 0.3) is 11.0 Å². The number of halogens is 1. The van der Waals surface area contributed by atoms with Crippen molar-refractivity contribution in [2.45, 2.75) is 19.8 Å². The van der Waals surface area contributed by atoms with Crippen molar-refractivity contribution in [2.75, 3.05) is 26.8 Å². The normalized spacial score (nSPS) is 17.1. The van der Waals surface area contributed by atoms with Gasteiger partial charge >= 0.3 is 0 Å². The number of aryl methyl sites for hydroxylation is 1. The van der Waals surface area contributed by atoms with E-state index in [9.17, 15) is 4.79 Å². The molecule has 9 nitrogen and oxygen atoms in total. The number of imidazole rings is 2. The lowest BCUT2D eigenvalue weighted by Gasteiger charge is -2.28. The number of aromatic nitrogens is 4. The zero-order chi connectivity index (χ0) is 22.7. The van der Waals surface area contributed by atoms with E-state index in [4.69, 9.17) is 9.73 Å². The molecule has 1 amide bonds. The van der Waals surface area contributed by atoms with E-state index in [-0.39, 0.29) is 17.7 Å². The molecule has 0 radical (unpaired) electrons. The van der Waals surface area contributed by atoms with Crippen LogP contribution in [0, 0.1) is 11.8 Å². The number of fused-ring (bicyclic) bond motifs is 1. The number of guanidine groups is 1. The second-order valence-corrected chi connectivity index (χ2v) is 8.77. The van der Waals surface area contributed by atoms with Crippen LogP contribution in [0.3, 0.4) is 0 Å². The number of aliphatic imine (C=N–C) groups is 1. The van der Waals surface area contributed by atoms with Gasteiger partial charge in [-0.2, -0.15) is 0 Å². The van der Waals surface area contributed by atoms with Crippen LogP contribution < -0.4 is 5.32 Å². The molecule has 1 aliphatic rings. The first-order valence-electron chi connectivity index (χ1n) is 10.7. The number of benzene rings is 1. The summed E-state index contributed by atoms with van der Waals surface area (Å²) in [5.41, 5.74) is 3.55. The second kappa shape index (κ2) is 9.83. The summed E-state index contributed by atoms with van der Waals surface area (Å²) >= 11 is 3.61. The minimum atomic E-state index is -0.188. The number of nitrogens with one attached hydrogen (secondary N) is 2. The molecule has 3 aromatic rings. The van der Waals surface area contributed by atoms with E-state index < -0.39 is 0 Å². The van der Waals surface area contributed by atoms with E-state index in [1.54, 1.807) is 24.7 Å². The minimum absolute atomic E-state index is 0.0434. The topological polar surface area (TPSA) is 100 Å². The summed E-state index contributed by atoms with van der Waals surface area (Å²) in [5, 5.41) is 3.27. The van der Waals surface area contributed by atoms with E-state index in [1.165, 1.54) is 0 Å². The first-order chi connectivity index (χ1) is 15.5. The van der Waals surface area contributed by atoms with Gasteiger partial charge in [-0.1, -0.05) is 6.92 Å². The van der Waals surface area contributed by atoms with Gasteiger partial charge in [-0.15, -0.1) is 0 Å². The molecule has 1 saturated heterocycles. The number of carbonyl (C=O) groups is 1. The van der Waals surface area contributed by atoms with Gasteiger partial charge < -0.3 is 19.6 Å². The van der Waals surface area contributed by atoms with E-state index >= 15 is 0 Å². The number of hydrogen-bond acceptors (Lipinski definition) is 5. The molecule has 0 spiro atoms. The van der Waals surface area contributed by atoms with Crippen molar-refractivity contribution >= 4 is 44.5 Å². The molecule has 3 heterocycles. The van der Waals surface area contributed by atoms with Crippen LogP contribution in [0.4, 0.5) is 5.69 Å². The maximum atomic E-state index is 13.7. The first kappa shape index (κ1) is 22.5. The van der Waals surface area contributed by atoms with E-state index in [2.05, 4.69) is 43.1 Å². The monoisotopic (exact) mass is 501 g/mol. The number of nitrogens with zero attached hydrogens (tertiary/aromatic N) is 5. The Hall–Kier alpha value is -2.72. The highest BCUT2D eigenvalue weighted by Crippen LogP contribution is 2.32. The third kappa shape index (κ3) is 4.42. The van der Waals surface area contributed by atoms with Gasteiger partial charge in [0.2, 0.25) is 11.9 Å². The Balaban J connectivity index is 1.59. The molecule has 4 rings (SSSR count). The summed E-state index contributed by atoms with van der Waals surface area (Å²) in [6.07, 6.45) is 6.74. The zero-order valence-corrected chi connectivity index (χ0v) is 20.1. The predicted molar refractivity (Wildman–Crippen MR) is 127 cm³/mol. The number of methoxy groups -OCH3 is 1. The third-order valence-corrected chi connectivity index (χ3v) is 6.75. The summed E-state index contributed by atoms with van der Waals surface area (Å²) in [5.74, 6) is 0.493. The minimum Gasteiger partial charge on any atom is -0.384 e. The molecule has 32 heavy (non-hydrogen) atoms. The largest absolute Gasteiger partial charge is 0.384 e. The molecule has 2 atom stereocenters. The summed E-state index contributed by atoms with van der Waals surface area (Å²) in [4.78, 5) is 31.8. The highest BCUT2D eigenvalue weighted by Gasteiger charge is 2.35. The number of hydrogen-bond donors (Lipinski definition) is 2. The van der Waals surface area contributed by atoms with E-state index in [0.29, 0.717) is 25.7 Å². The van der Waals surface area contributed by atoms with Gasteiger partial charge in [-0.3, -0.25) is 9.69 Å². The summed E-state index contributed by atoms with van der Waals surface area (Å²) in [6, 6.07) is 3.85. The summed E-state index contributed by atoms with van der Waals surface area (Å²) in [6.45, 7) is 3.81. The Morgan fingerprint density at radius 1 is 1.41 bits per heavy atom. The fourth-order valence-corrected chi connectivity index (χ4v) is 4.79. The molecule has 170 valence electrons. The molecular weight excluding hydrogens is 474 g/mol. The zero-order valence-electron chi connectivity index (χ0n) is 18.5. The quantitative estimate of drug-likeness (QED) is 0.494. The Labute approximate surface area is 195 Å². The number of carbonyl (C=O) groups excluding carboxylic acids is 1. The van der Waals surface area contributed by atoms with Crippen LogP contribution in [-0.4, -0.2) is 63.1 Å². The van der Waals surface area contributed by atoms with Crippen molar-refractivity contribution < 1.29 is 9.53 Å². The second-order valence-electron chi connectivity index (χ2n) is 7.98. The van der Waals surface area contributed by atoms with Crippen LogP contribution in [-0.2, 0) is 23.0 Å². The first-order valence-corrected chi connectivity index (χ1v) is 11.5.